The highest BCUT2D eigenvalue weighted by atomic mass is 16.3. The molecule has 0 spiro atoms. The van der Waals surface area contributed by atoms with E-state index in [4.69, 9.17) is 0 Å². The Kier molecular flexibility index (Phi) is 3.57. The van der Waals surface area contributed by atoms with Crippen LogP contribution in [-0.2, 0) is 4.79 Å². The number of hydrogen-bond donors (Lipinski definition) is 2. The van der Waals surface area contributed by atoms with Gasteiger partial charge < -0.3 is 5.11 Å². The molecule has 0 saturated heterocycles. The monoisotopic (exact) mass is 248 g/mol. The standard InChI is InChI=1S/C12H16N4O2/c1-8(2)9(17)7-11(18)13-12-15-14-10-5-3-4-6-16(10)12/h3-6,8-9,17H,7H2,1-2H3,(H,13,15,18). The highest BCUT2D eigenvalue weighted by molar-refractivity contribution is 5.89. The molecule has 2 N–H and O–H groups in total. The number of amides is 1. The number of carbonyl (C=O) groups excluding carboxylic acids is 1. The second-order valence-corrected chi connectivity index (χ2v) is 4.52. The summed E-state index contributed by atoms with van der Waals surface area (Å²) < 4.78 is 1.68. The zero-order chi connectivity index (χ0) is 13.1. The largest absolute Gasteiger partial charge is 0.392 e. The molecule has 0 fully saturated rings. The number of hydrogen-bond acceptors (Lipinski definition) is 4. The van der Waals surface area contributed by atoms with Gasteiger partial charge >= 0.3 is 0 Å². The first-order chi connectivity index (χ1) is 8.58. The third-order valence-corrected chi connectivity index (χ3v) is 2.73. The van der Waals surface area contributed by atoms with E-state index in [1.807, 2.05) is 26.0 Å². The summed E-state index contributed by atoms with van der Waals surface area (Å²) in [6.45, 7) is 3.73. The van der Waals surface area contributed by atoms with Crippen molar-refractivity contribution in [1.82, 2.24) is 14.6 Å². The van der Waals surface area contributed by atoms with Crippen molar-refractivity contribution in [2.75, 3.05) is 5.32 Å². The summed E-state index contributed by atoms with van der Waals surface area (Å²) in [6.07, 6.45) is 1.17. The van der Waals surface area contributed by atoms with Gasteiger partial charge in [0.25, 0.3) is 0 Å². The van der Waals surface area contributed by atoms with Crippen molar-refractivity contribution in [1.29, 1.82) is 0 Å². The Morgan fingerprint density at radius 1 is 1.44 bits per heavy atom. The van der Waals surface area contributed by atoms with Gasteiger partial charge in [0.05, 0.1) is 12.5 Å². The smallest absolute Gasteiger partial charge is 0.235 e. The summed E-state index contributed by atoms with van der Waals surface area (Å²) in [7, 11) is 0. The number of aliphatic hydroxyl groups excluding tert-OH is 1. The van der Waals surface area contributed by atoms with Gasteiger partial charge in [-0.05, 0) is 18.1 Å². The lowest BCUT2D eigenvalue weighted by Crippen LogP contribution is -2.24. The van der Waals surface area contributed by atoms with Crippen molar-refractivity contribution in [3.8, 4) is 0 Å². The molecule has 2 aromatic heterocycles. The van der Waals surface area contributed by atoms with Gasteiger partial charge in [-0.1, -0.05) is 19.9 Å². The number of carbonyl (C=O) groups is 1. The van der Waals surface area contributed by atoms with E-state index in [0.29, 0.717) is 11.6 Å². The zero-order valence-corrected chi connectivity index (χ0v) is 10.4. The highest BCUT2D eigenvalue weighted by Crippen LogP contribution is 2.10. The van der Waals surface area contributed by atoms with E-state index < -0.39 is 6.10 Å². The molecule has 0 aliphatic carbocycles. The van der Waals surface area contributed by atoms with Crippen LogP contribution in [0.5, 0.6) is 0 Å². The maximum Gasteiger partial charge on any atom is 0.235 e. The van der Waals surface area contributed by atoms with Crippen molar-refractivity contribution in [2.45, 2.75) is 26.4 Å². The van der Waals surface area contributed by atoms with Crippen molar-refractivity contribution in [3.05, 3.63) is 24.4 Å². The van der Waals surface area contributed by atoms with Gasteiger partial charge in [0.2, 0.25) is 11.9 Å². The Hall–Kier alpha value is -1.95. The maximum atomic E-state index is 11.7. The molecule has 18 heavy (non-hydrogen) atoms. The predicted octanol–water partition coefficient (Wildman–Crippen LogP) is 1.07. The van der Waals surface area contributed by atoms with Gasteiger partial charge in [-0.2, -0.15) is 0 Å². The minimum absolute atomic E-state index is 0.0471. The molecular weight excluding hydrogens is 232 g/mol. The molecule has 0 saturated carbocycles. The normalized spacial score (nSPS) is 12.9. The van der Waals surface area contributed by atoms with Crippen LogP contribution in [0.3, 0.4) is 0 Å². The van der Waals surface area contributed by atoms with Gasteiger partial charge in [-0.25, -0.2) is 0 Å². The van der Waals surface area contributed by atoms with Crippen LogP contribution in [0.4, 0.5) is 5.95 Å². The first kappa shape index (κ1) is 12.5. The molecule has 0 bridgehead atoms. The minimum Gasteiger partial charge on any atom is -0.392 e. The number of anilines is 1. The third kappa shape index (κ3) is 2.65. The molecule has 6 heteroatoms. The summed E-state index contributed by atoms with van der Waals surface area (Å²) in [5, 5.41) is 20.1. The van der Waals surface area contributed by atoms with Crippen molar-refractivity contribution in [3.63, 3.8) is 0 Å². The predicted molar refractivity (Wildman–Crippen MR) is 67.1 cm³/mol. The number of pyridine rings is 1. The summed E-state index contributed by atoms with van der Waals surface area (Å²) in [5.74, 6) is 0.145. The maximum absolute atomic E-state index is 11.7. The van der Waals surface area contributed by atoms with E-state index in [-0.39, 0.29) is 18.2 Å². The topological polar surface area (TPSA) is 79.5 Å². The number of nitrogens with one attached hydrogen (secondary N) is 1. The van der Waals surface area contributed by atoms with Gasteiger partial charge in [0, 0.05) is 6.20 Å². The van der Waals surface area contributed by atoms with Gasteiger partial charge in [-0.15, -0.1) is 10.2 Å². The molecule has 96 valence electrons. The molecule has 2 aromatic rings. The SMILES string of the molecule is CC(C)C(O)CC(=O)Nc1nnc2ccccn12. The summed E-state index contributed by atoms with van der Waals surface area (Å²) in [4.78, 5) is 11.7. The lowest BCUT2D eigenvalue weighted by molar-refractivity contribution is -0.118. The fourth-order valence-corrected chi connectivity index (χ4v) is 1.53. The Labute approximate surface area is 105 Å². The molecular formula is C12H16N4O2. The van der Waals surface area contributed by atoms with Crippen LogP contribution in [0, 0.1) is 5.92 Å². The van der Waals surface area contributed by atoms with Crippen LogP contribution in [0.2, 0.25) is 0 Å². The van der Waals surface area contributed by atoms with Gasteiger partial charge in [0.15, 0.2) is 5.65 Å². The second-order valence-electron chi connectivity index (χ2n) is 4.52. The van der Waals surface area contributed by atoms with Crippen LogP contribution < -0.4 is 5.32 Å². The Morgan fingerprint density at radius 3 is 2.94 bits per heavy atom. The number of rotatable bonds is 4. The lowest BCUT2D eigenvalue weighted by atomic mass is 10.0. The molecule has 0 aliphatic heterocycles. The average Bonchev–Trinajstić information content (AvgIpc) is 2.72. The molecule has 0 aromatic carbocycles. The molecule has 1 amide bonds. The zero-order valence-electron chi connectivity index (χ0n) is 10.4. The second kappa shape index (κ2) is 5.14. The molecule has 2 heterocycles. The van der Waals surface area contributed by atoms with Crippen LogP contribution in [0.1, 0.15) is 20.3 Å². The molecule has 1 unspecified atom stereocenters. The number of aromatic nitrogens is 3. The summed E-state index contributed by atoms with van der Waals surface area (Å²) in [5.41, 5.74) is 0.664. The van der Waals surface area contributed by atoms with E-state index in [1.54, 1.807) is 16.7 Å². The van der Waals surface area contributed by atoms with Crippen molar-refractivity contribution < 1.29 is 9.90 Å². The fraction of sp³-hybridized carbons (Fsp3) is 0.417. The molecule has 1 atom stereocenters. The van der Waals surface area contributed by atoms with Crippen LogP contribution in [0.25, 0.3) is 5.65 Å². The van der Waals surface area contributed by atoms with Crippen molar-refractivity contribution >= 4 is 17.5 Å². The fourth-order valence-electron chi connectivity index (χ4n) is 1.53. The third-order valence-electron chi connectivity index (χ3n) is 2.73. The molecule has 0 radical (unpaired) electrons. The van der Waals surface area contributed by atoms with E-state index in [2.05, 4.69) is 15.5 Å². The Morgan fingerprint density at radius 2 is 2.22 bits per heavy atom. The van der Waals surface area contributed by atoms with E-state index in [9.17, 15) is 9.90 Å². The number of fused-ring (bicyclic) bond motifs is 1. The average molecular weight is 248 g/mol. The first-order valence-electron chi connectivity index (χ1n) is 5.85. The van der Waals surface area contributed by atoms with E-state index in [0.717, 1.165) is 0 Å². The molecule has 2 rings (SSSR count). The summed E-state index contributed by atoms with van der Waals surface area (Å²) >= 11 is 0. The summed E-state index contributed by atoms with van der Waals surface area (Å²) in [6, 6.07) is 5.47. The quantitative estimate of drug-likeness (QED) is 0.848. The van der Waals surface area contributed by atoms with Crippen LogP contribution in [-0.4, -0.2) is 31.7 Å². The number of aliphatic hydroxyl groups is 1. The first-order valence-corrected chi connectivity index (χ1v) is 5.85. The number of nitrogens with zero attached hydrogens (tertiary/aromatic N) is 3. The van der Waals surface area contributed by atoms with Gasteiger partial charge in [0.1, 0.15) is 0 Å². The molecule has 6 nitrogen and oxygen atoms in total. The minimum atomic E-state index is -0.649. The van der Waals surface area contributed by atoms with Crippen LogP contribution >= 0.6 is 0 Å². The molecule has 0 aliphatic rings. The van der Waals surface area contributed by atoms with E-state index in [1.165, 1.54) is 0 Å². The van der Waals surface area contributed by atoms with Crippen LogP contribution in [0.15, 0.2) is 24.4 Å². The highest BCUT2D eigenvalue weighted by Gasteiger charge is 2.16. The van der Waals surface area contributed by atoms with Gasteiger partial charge in [-0.3, -0.25) is 14.5 Å². The lowest BCUT2D eigenvalue weighted by Gasteiger charge is -2.13. The van der Waals surface area contributed by atoms with E-state index >= 15 is 0 Å². The Balaban J connectivity index is 2.07. The van der Waals surface area contributed by atoms with Crippen molar-refractivity contribution in [2.24, 2.45) is 5.92 Å². The Bertz CT molecular complexity index is 550.